The first kappa shape index (κ1) is 25.5. The second-order valence-corrected chi connectivity index (χ2v) is 8.79. The Morgan fingerprint density at radius 2 is 1.41 bits per heavy atom. The molecule has 1 heterocycles. The van der Waals surface area contributed by atoms with Crippen LogP contribution in [-0.4, -0.2) is 4.57 Å². The highest BCUT2D eigenvalue weighted by atomic mass is 15.0. The molecule has 0 atom stereocenters. The molecule has 1 aromatic heterocycles. The number of fused-ring (bicyclic) bond motifs is 3. The molecular weight excluding hydrogens is 448 g/mol. The van der Waals surface area contributed by atoms with Crippen molar-refractivity contribution < 1.29 is 0 Å². The topological polar surface area (TPSA) is 30.9 Å². The molecule has 2 heteroatoms. The number of aromatic nitrogens is 1. The van der Waals surface area contributed by atoms with Crippen molar-refractivity contribution >= 4 is 27.5 Å². The van der Waals surface area contributed by atoms with Crippen molar-refractivity contribution in [3.05, 3.63) is 151 Å². The fourth-order valence-corrected chi connectivity index (χ4v) is 4.40. The van der Waals surface area contributed by atoms with E-state index in [1.807, 2.05) is 24.3 Å². The van der Waals surface area contributed by atoms with Crippen LogP contribution >= 0.6 is 0 Å². The summed E-state index contributed by atoms with van der Waals surface area (Å²) in [6, 6.07) is 24.1. The monoisotopic (exact) mass is 482 g/mol. The first-order chi connectivity index (χ1) is 18.2. The molecule has 2 nitrogen and oxygen atoms in total. The molecule has 3 aromatic carbocycles. The minimum Gasteiger partial charge on any atom is -0.405 e. The van der Waals surface area contributed by atoms with Crippen LogP contribution < -0.4 is 5.73 Å². The molecule has 0 amide bonds. The molecule has 0 spiro atoms. The van der Waals surface area contributed by atoms with Crippen LogP contribution in [0, 0.1) is 6.92 Å². The minimum atomic E-state index is 0.864. The fraction of sp³-hybridized carbons (Fsp3) is 0.0857. The molecule has 0 aliphatic rings. The van der Waals surface area contributed by atoms with Gasteiger partial charge in [-0.05, 0) is 80.1 Å². The third kappa shape index (κ3) is 6.36. The summed E-state index contributed by atoms with van der Waals surface area (Å²) in [5, 5.41) is 2.54. The summed E-state index contributed by atoms with van der Waals surface area (Å²) in [7, 11) is 0. The molecule has 0 aliphatic carbocycles. The number of hydrogen-bond donors (Lipinski definition) is 1. The molecule has 0 saturated carbocycles. The van der Waals surface area contributed by atoms with E-state index < -0.39 is 0 Å². The second kappa shape index (κ2) is 12.9. The van der Waals surface area contributed by atoms with Gasteiger partial charge in [0.05, 0.1) is 11.0 Å². The maximum absolute atomic E-state index is 5.31. The van der Waals surface area contributed by atoms with Crippen LogP contribution in [0.25, 0.3) is 38.6 Å². The number of benzene rings is 3. The Kier molecular flexibility index (Phi) is 8.93. The van der Waals surface area contributed by atoms with Gasteiger partial charge in [-0.2, -0.15) is 0 Å². The summed E-state index contributed by atoms with van der Waals surface area (Å²) >= 11 is 0. The second-order valence-electron chi connectivity index (χ2n) is 8.79. The maximum Gasteiger partial charge on any atom is 0.0541 e. The van der Waals surface area contributed by atoms with Crippen LogP contribution in [-0.2, 0) is 0 Å². The third-order valence-corrected chi connectivity index (χ3v) is 6.10. The molecule has 0 saturated heterocycles. The fourth-order valence-electron chi connectivity index (χ4n) is 4.40. The maximum atomic E-state index is 5.31. The Labute approximate surface area is 220 Å². The lowest BCUT2D eigenvalue weighted by atomic mass is 10.0. The molecular formula is C35H34N2. The van der Waals surface area contributed by atoms with Gasteiger partial charge in [-0.15, -0.1) is 0 Å². The Bertz CT molecular complexity index is 1550. The highest BCUT2D eigenvalue weighted by molar-refractivity contribution is 6.11. The summed E-state index contributed by atoms with van der Waals surface area (Å²) in [5.41, 5.74) is 12.6. The first-order valence-electron chi connectivity index (χ1n) is 12.7. The van der Waals surface area contributed by atoms with Crippen molar-refractivity contribution in [3.63, 3.8) is 0 Å². The standard InChI is InChI=1S/C35H34N2/c1-3-17-31(20-15-10-8-6-4-5-7-9-11-16-25-36)37-34-23-21-28(2)26-32(34)33-27-30(22-24-35(33)37)29-18-13-12-14-19-29/h3-7,9-27H,8,36H2,1-2H3/b6-4+,7-5+,11-9-,15-10+,17-3-,25-16-,31-20+. The summed E-state index contributed by atoms with van der Waals surface area (Å²) in [6.45, 7) is 4.22. The lowest BCUT2D eigenvalue weighted by Gasteiger charge is -2.09. The predicted octanol–water partition coefficient (Wildman–Crippen LogP) is 9.27. The summed E-state index contributed by atoms with van der Waals surface area (Å²) in [4.78, 5) is 0. The zero-order valence-electron chi connectivity index (χ0n) is 21.6. The van der Waals surface area contributed by atoms with Crippen LogP contribution in [0.15, 0.2) is 146 Å². The average molecular weight is 483 g/mol. The summed E-state index contributed by atoms with van der Waals surface area (Å²) < 4.78 is 2.36. The van der Waals surface area contributed by atoms with Gasteiger partial charge in [-0.1, -0.05) is 103 Å². The van der Waals surface area contributed by atoms with Gasteiger partial charge in [0.25, 0.3) is 0 Å². The number of nitrogens with zero attached hydrogens (tertiary/aromatic N) is 1. The van der Waals surface area contributed by atoms with E-state index in [-0.39, 0.29) is 0 Å². The normalized spacial score (nSPS) is 13.4. The Balaban J connectivity index is 1.68. The van der Waals surface area contributed by atoms with E-state index in [2.05, 4.69) is 128 Å². The number of aryl methyl sites for hydroxylation is 1. The molecule has 0 unspecified atom stereocenters. The van der Waals surface area contributed by atoms with Gasteiger partial charge in [0.2, 0.25) is 0 Å². The number of hydrogen-bond acceptors (Lipinski definition) is 1. The molecule has 0 radical (unpaired) electrons. The van der Waals surface area contributed by atoms with Gasteiger partial charge in [0.15, 0.2) is 0 Å². The highest BCUT2D eigenvalue weighted by Gasteiger charge is 2.13. The zero-order chi connectivity index (χ0) is 25.9. The van der Waals surface area contributed by atoms with Gasteiger partial charge in [-0.3, -0.25) is 0 Å². The van der Waals surface area contributed by atoms with E-state index >= 15 is 0 Å². The van der Waals surface area contributed by atoms with Gasteiger partial charge in [0, 0.05) is 16.5 Å². The van der Waals surface area contributed by atoms with E-state index in [0.717, 1.165) is 12.1 Å². The van der Waals surface area contributed by atoms with Crippen molar-refractivity contribution in [2.24, 2.45) is 5.73 Å². The summed E-state index contributed by atoms with van der Waals surface area (Å²) in [5.74, 6) is 0. The minimum absolute atomic E-state index is 0.864. The van der Waals surface area contributed by atoms with Gasteiger partial charge < -0.3 is 10.3 Å². The van der Waals surface area contributed by atoms with Gasteiger partial charge in [0.1, 0.15) is 0 Å². The molecule has 2 N–H and O–H groups in total. The van der Waals surface area contributed by atoms with Crippen molar-refractivity contribution in [1.29, 1.82) is 0 Å². The van der Waals surface area contributed by atoms with E-state index in [1.54, 1.807) is 6.08 Å². The molecule has 184 valence electrons. The van der Waals surface area contributed by atoms with Crippen LogP contribution in [0.2, 0.25) is 0 Å². The molecule has 0 bridgehead atoms. The highest BCUT2D eigenvalue weighted by Crippen LogP contribution is 2.35. The van der Waals surface area contributed by atoms with E-state index in [1.165, 1.54) is 44.7 Å². The lowest BCUT2D eigenvalue weighted by Crippen LogP contribution is -1.94. The zero-order valence-corrected chi connectivity index (χ0v) is 21.6. The number of allylic oxidation sites excluding steroid dienone is 13. The van der Waals surface area contributed by atoms with E-state index in [9.17, 15) is 0 Å². The van der Waals surface area contributed by atoms with Gasteiger partial charge >= 0.3 is 0 Å². The van der Waals surface area contributed by atoms with E-state index in [0.29, 0.717) is 0 Å². The number of nitrogens with two attached hydrogens (primary N) is 1. The van der Waals surface area contributed by atoms with Crippen LogP contribution in [0.4, 0.5) is 0 Å². The molecule has 0 aliphatic heterocycles. The van der Waals surface area contributed by atoms with Crippen molar-refractivity contribution in [1.82, 2.24) is 4.57 Å². The van der Waals surface area contributed by atoms with Crippen molar-refractivity contribution in [2.75, 3.05) is 0 Å². The Morgan fingerprint density at radius 1 is 0.730 bits per heavy atom. The molecule has 0 fully saturated rings. The molecule has 4 aromatic rings. The van der Waals surface area contributed by atoms with Crippen molar-refractivity contribution in [3.8, 4) is 11.1 Å². The largest absolute Gasteiger partial charge is 0.405 e. The number of rotatable bonds is 9. The van der Waals surface area contributed by atoms with Crippen LogP contribution in [0.3, 0.4) is 0 Å². The Morgan fingerprint density at radius 3 is 2.16 bits per heavy atom. The Hall–Kier alpha value is -4.56. The van der Waals surface area contributed by atoms with Crippen LogP contribution in [0.1, 0.15) is 18.9 Å². The SMILES string of the molecule is C\C=C/C(=C\C=C\C/C=C/C=C/C=C\C=C/N)n1c2ccc(C)cc2c2cc(-c3ccccc3)ccc21. The van der Waals surface area contributed by atoms with Gasteiger partial charge in [-0.25, -0.2) is 0 Å². The smallest absolute Gasteiger partial charge is 0.0541 e. The quantitative estimate of drug-likeness (QED) is 0.237. The van der Waals surface area contributed by atoms with Crippen molar-refractivity contribution in [2.45, 2.75) is 20.3 Å². The van der Waals surface area contributed by atoms with Crippen LogP contribution in [0.5, 0.6) is 0 Å². The third-order valence-electron chi connectivity index (χ3n) is 6.10. The van der Waals surface area contributed by atoms with E-state index in [4.69, 9.17) is 5.73 Å². The lowest BCUT2D eigenvalue weighted by molar-refractivity contribution is 1.23. The molecule has 4 rings (SSSR count). The average Bonchev–Trinajstić information content (AvgIpc) is 3.24. The molecule has 37 heavy (non-hydrogen) atoms. The summed E-state index contributed by atoms with van der Waals surface area (Å²) in [6.07, 6.45) is 27.0. The predicted molar refractivity (Wildman–Crippen MR) is 163 cm³/mol. The first-order valence-corrected chi connectivity index (χ1v) is 12.7.